The summed E-state index contributed by atoms with van der Waals surface area (Å²) >= 11 is 3.43. The molecule has 2 rings (SSSR count). The van der Waals surface area contributed by atoms with Crippen LogP contribution in [0.3, 0.4) is 0 Å². The number of aromatic nitrogens is 2. The third-order valence-corrected chi connectivity index (χ3v) is 3.82. The van der Waals surface area contributed by atoms with Gasteiger partial charge in [0.25, 0.3) is 0 Å². The number of imidazole rings is 1. The zero-order valence-electron chi connectivity index (χ0n) is 9.34. The molecular weight excluding hydrogens is 270 g/mol. The Morgan fingerprint density at radius 1 is 1.69 bits per heavy atom. The van der Waals surface area contributed by atoms with E-state index < -0.39 is 0 Å². The second-order valence-corrected chi connectivity index (χ2v) is 5.36. The van der Waals surface area contributed by atoms with Gasteiger partial charge in [-0.25, -0.2) is 4.98 Å². The van der Waals surface area contributed by atoms with E-state index >= 15 is 0 Å². The van der Waals surface area contributed by atoms with E-state index in [4.69, 9.17) is 0 Å². The van der Waals surface area contributed by atoms with Crippen LogP contribution in [0.2, 0.25) is 0 Å². The van der Waals surface area contributed by atoms with Gasteiger partial charge in [-0.1, -0.05) is 15.9 Å². The molecule has 4 nitrogen and oxygen atoms in total. The van der Waals surface area contributed by atoms with Gasteiger partial charge >= 0.3 is 0 Å². The summed E-state index contributed by atoms with van der Waals surface area (Å²) in [6.45, 7) is 3.77. The minimum absolute atomic E-state index is 0.00601. The van der Waals surface area contributed by atoms with Crippen molar-refractivity contribution < 1.29 is 4.79 Å². The van der Waals surface area contributed by atoms with Crippen LogP contribution in [0.25, 0.3) is 0 Å². The number of halogens is 1. The number of carbonyl (C=O) groups excluding carboxylic acids is 1. The van der Waals surface area contributed by atoms with E-state index in [0.29, 0.717) is 0 Å². The summed E-state index contributed by atoms with van der Waals surface area (Å²) in [6, 6.07) is 0.224. The molecule has 1 aromatic rings. The smallest absolute Gasteiger partial charge is 0.236 e. The van der Waals surface area contributed by atoms with Gasteiger partial charge < -0.3 is 9.47 Å². The van der Waals surface area contributed by atoms with E-state index in [1.165, 1.54) is 0 Å². The standard InChI is InChI=1S/C11H16BrN3O/c1-9(7-14-6-4-13-8-14)15-5-2-3-10(12)11(15)16/h4,6,8-10H,2-3,5,7H2,1H3. The minimum atomic E-state index is 0.00601. The molecular formula is C11H16BrN3O. The molecule has 5 heteroatoms. The second-order valence-electron chi connectivity index (χ2n) is 4.25. The number of piperidine rings is 1. The summed E-state index contributed by atoms with van der Waals surface area (Å²) in [6.07, 6.45) is 7.51. The fourth-order valence-corrected chi connectivity index (χ4v) is 2.68. The van der Waals surface area contributed by atoms with Gasteiger partial charge in [-0.3, -0.25) is 4.79 Å². The normalized spacial score (nSPS) is 23.5. The molecule has 0 N–H and O–H groups in total. The highest BCUT2D eigenvalue weighted by Gasteiger charge is 2.29. The summed E-state index contributed by atoms with van der Waals surface area (Å²) in [5.41, 5.74) is 0. The van der Waals surface area contributed by atoms with Crippen LogP contribution in [0.5, 0.6) is 0 Å². The lowest BCUT2D eigenvalue weighted by Crippen LogP contribution is -2.47. The topological polar surface area (TPSA) is 38.1 Å². The molecule has 1 amide bonds. The van der Waals surface area contributed by atoms with Gasteiger partial charge in [0.2, 0.25) is 5.91 Å². The SMILES string of the molecule is CC(Cn1ccnc1)N1CCCC(Br)C1=O. The highest BCUT2D eigenvalue weighted by atomic mass is 79.9. The Hall–Kier alpha value is -0.840. The van der Waals surface area contributed by atoms with Crippen LogP contribution in [0.15, 0.2) is 18.7 Å². The van der Waals surface area contributed by atoms with Crippen molar-refractivity contribution in [3.05, 3.63) is 18.7 Å². The molecule has 1 fully saturated rings. The van der Waals surface area contributed by atoms with Crippen molar-refractivity contribution in [1.82, 2.24) is 14.5 Å². The van der Waals surface area contributed by atoms with Gasteiger partial charge in [0, 0.05) is 31.5 Å². The molecule has 0 aliphatic carbocycles. The van der Waals surface area contributed by atoms with Gasteiger partial charge in [-0.15, -0.1) is 0 Å². The molecule has 0 saturated carbocycles. The Kier molecular flexibility index (Phi) is 3.63. The molecule has 2 unspecified atom stereocenters. The zero-order chi connectivity index (χ0) is 11.5. The fraction of sp³-hybridized carbons (Fsp3) is 0.636. The first-order chi connectivity index (χ1) is 7.68. The number of hydrogen-bond donors (Lipinski definition) is 0. The van der Waals surface area contributed by atoms with Crippen molar-refractivity contribution in [3.8, 4) is 0 Å². The Bertz CT molecular complexity index is 352. The number of nitrogens with zero attached hydrogens (tertiary/aromatic N) is 3. The Balaban J connectivity index is 1.98. The summed E-state index contributed by atoms with van der Waals surface area (Å²) in [4.78, 5) is 17.9. The Morgan fingerprint density at radius 2 is 2.50 bits per heavy atom. The monoisotopic (exact) mass is 285 g/mol. The highest BCUT2D eigenvalue weighted by molar-refractivity contribution is 9.10. The zero-order valence-corrected chi connectivity index (χ0v) is 10.9. The fourth-order valence-electron chi connectivity index (χ4n) is 2.09. The van der Waals surface area contributed by atoms with Crippen LogP contribution >= 0.6 is 15.9 Å². The van der Waals surface area contributed by atoms with E-state index in [0.717, 1.165) is 25.9 Å². The third-order valence-electron chi connectivity index (χ3n) is 2.97. The van der Waals surface area contributed by atoms with Gasteiger partial charge in [0.1, 0.15) is 0 Å². The van der Waals surface area contributed by atoms with Crippen LogP contribution in [0.1, 0.15) is 19.8 Å². The molecule has 0 bridgehead atoms. The lowest BCUT2D eigenvalue weighted by molar-refractivity contribution is -0.134. The van der Waals surface area contributed by atoms with E-state index in [9.17, 15) is 4.79 Å². The van der Waals surface area contributed by atoms with Crippen molar-refractivity contribution in [3.63, 3.8) is 0 Å². The summed E-state index contributed by atoms with van der Waals surface area (Å²) in [5, 5.41) is 0. The number of rotatable bonds is 3. The van der Waals surface area contributed by atoms with Gasteiger partial charge in [-0.2, -0.15) is 0 Å². The summed E-state index contributed by atoms with van der Waals surface area (Å²) < 4.78 is 2.01. The predicted molar refractivity (Wildman–Crippen MR) is 65.4 cm³/mol. The Morgan fingerprint density at radius 3 is 3.19 bits per heavy atom. The molecule has 1 aliphatic heterocycles. The van der Waals surface area contributed by atoms with Crippen molar-refractivity contribution in [2.75, 3.05) is 6.54 Å². The van der Waals surface area contributed by atoms with Crippen molar-refractivity contribution in [2.45, 2.75) is 37.2 Å². The van der Waals surface area contributed by atoms with E-state index in [-0.39, 0.29) is 16.8 Å². The van der Waals surface area contributed by atoms with Gasteiger partial charge in [0.05, 0.1) is 11.2 Å². The first-order valence-corrected chi connectivity index (χ1v) is 6.50. The maximum Gasteiger partial charge on any atom is 0.236 e. The van der Waals surface area contributed by atoms with Crippen LogP contribution in [-0.2, 0) is 11.3 Å². The molecule has 1 aromatic heterocycles. The first kappa shape index (κ1) is 11.6. The van der Waals surface area contributed by atoms with E-state index in [2.05, 4.69) is 27.8 Å². The highest BCUT2D eigenvalue weighted by Crippen LogP contribution is 2.20. The molecule has 2 heterocycles. The maximum absolute atomic E-state index is 11.9. The summed E-state index contributed by atoms with van der Waals surface area (Å²) in [5.74, 6) is 0.221. The van der Waals surface area contributed by atoms with Crippen molar-refractivity contribution in [1.29, 1.82) is 0 Å². The molecule has 1 aliphatic rings. The van der Waals surface area contributed by atoms with Crippen molar-refractivity contribution >= 4 is 21.8 Å². The van der Waals surface area contributed by atoms with E-state index in [1.54, 1.807) is 12.5 Å². The molecule has 2 atom stereocenters. The predicted octanol–water partition coefficient (Wildman–Crippen LogP) is 1.66. The minimum Gasteiger partial charge on any atom is -0.337 e. The van der Waals surface area contributed by atoms with Crippen LogP contribution < -0.4 is 0 Å². The molecule has 88 valence electrons. The van der Waals surface area contributed by atoms with Gasteiger partial charge in [0.15, 0.2) is 0 Å². The number of likely N-dealkylation sites (tertiary alicyclic amines) is 1. The van der Waals surface area contributed by atoms with Crippen LogP contribution in [0.4, 0.5) is 0 Å². The quantitative estimate of drug-likeness (QED) is 0.793. The molecule has 1 saturated heterocycles. The molecule has 16 heavy (non-hydrogen) atoms. The first-order valence-electron chi connectivity index (χ1n) is 5.59. The number of carbonyl (C=O) groups is 1. The number of alkyl halides is 1. The average Bonchev–Trinajstić information content (AvgIpc) is 2.74. The number of amides is 1. The number of hydrogen-bond acceptors (Lipinski definition) is 2. The lowest BCUT2D eigenvalue weighted by atomic mass is 10.1. The largest absolute Gasteiger partial charge is 0.337 e. The van der Waals surface area contributed by atoms with Crippen LogP contribution in [0, 0.1) is 0 Å². The third kappa shape index (κ3) is 2.45. The lowest BCUT2D eigenvalue weighted by Gasteiger charge is -2.34. The van der Waals surface area contributed by atoms with Crippen LogP contribution in [-0.4, -0.2) is 37.8 Å². The Labute approximate surface area is 104 Å². The molecule has 0 spiro atoms. The van der Waals surface area contributed by atoms with E-state index in [1.807, 2.05) is 15.7 Å². The molecule has 0 radical (unpaired) electrons. The second kappa shape index (κ2) is 4.99. The summed E-state index contributed by atoms with van der Waals surface area (Å²) in [7, 11) is 0. The maximum atomic E-state index is 11.9. The van der Waals surface area contributed by atoms with Gasteiger partial charge in [-0.05, 0) is 19.8 Å². The average molecular weight is 286 g/mol. The molecule has 0 aromatic carbocycles. The van der Waals surface area contributed by atoms with Crippen molar-refractivity contribution in [2.24, 2.45) is 0 Å².